The second kappa shape index (κ2) is 6.23. The van der Waals surface area contributed by atoms with Crippen LogP contribution in [0.25, 0.3) is 23.2 Å². The Morgan fingerprint density at radius 2 is 1.64 bits per heavy atom. The predicted molar refractivity (Wildman–Crippen MR) is 82.2 cm³/mol. The minimum absolute atomic E-state index is 0.0153. The highest BCUT2D eigenvalue weighted by Crippen LogP contribution is 2.23. The Bertz CT molecular complexity index is 1030. The lowest BCUT2D eigenvalue weighted by atomic mass is 10.1. The summed E-state index contributed by atoms with van der Waals surface area (Å²) in [6, 6.07) is 12.2. The summed E-state index contributed by atoms with van der Waals surface area (Å²) in [5.74, 6) is -0.387. The topological polar surface area (TPSA) is 77.8 Å². The van der Waals surface area contributed by atoms with E-state index in [-0.39, 0.29) is 35.4 Å². The highest BCUT2D eigenvalue weighted by atomic mass is 19.1. The first-order chi connectivity index (χ1) is 12.2. The van der Waals surface area contributed by atoms with Crippen molar-refractivity contribution in [2.24, 2.45) is 0 Å². The van der Waals surface area contributed by atoms with Gasteiger partial charge in [-0.2, -0.15) is 9.97 Å². The van der Waals surface area contributed by atoms with Gasteiger partial charge in [-0.05, 0) is 29.8 Å². The highest BCUT2D eigenvalue weighted by Gasteiger charge is 2.19. The molecule has 4 aromatic rings. The van der Waals surface area contributed by atoms with Gasteiger partial charge in [0.2, 0.25) is 5.82 Å². The molecule has 0 aliphatic carbocycles. The monoisotopic (exact) mass is 340 g/mol. The third-order valence-electron chi connectivity index (χ3n) is 3.44. The van der Waals surface area contributed by atoms with Crippen molar-refractivity contribution in [3.63, 3.8) is 0 Å². The van der Waals surface area contributed by atoms with Gasteiger partial charge in [0.25, 0.3) is 0 Å². The van der Waals surface area contributed by atoms with Gasteiger partial charge in [-0.3, -0.25) is 0 Å². The van der Waals surface area contributed by atoms with Crippen LogP contribution in [-0.4, -0.2) is 20.3 Å². The molecule has 4 rings (SSSR count). The largest absolute Gasteiger partial charge is 0.329 e. The third-order valence-corrected chi connectivity index (χ3v) is 3.44. The maximum Gasteiger partial charge on any atom is 0.316 e. The second-order valence-electron chi connectivity index (χ2n) is 5.23. The summed E-state index contributed by atoms with van der Waals surface area (Å²) in [6.07, 6.45) is 0.287. The van der Waals surface area contributed by atoms with E-state index in [1.807, 2.05) is 0 Å². The molecule has 0 bridgehead atoms. The van der Waals surface area contributed by atoms with Crippen molar-refractivity contribution in [1.82, 2.24) is 20.3 Å². The molecule has 0 aliphatic rings. The van der Waals surface area contributed by atoms with Crippen molar-refractivity contribution in [3.8, 4) is 23.2 Å². The van der Waals surface area contributed by atoms with Crippen LogP contribution in [0.1, 0.15) is 11.4 Å². The second-order valence-corrected chi connectivity index (χ2v) is 5.23. The minimum atomic E-state index is -0.466. The van der Waals surface area contributed by atoms with Crippen LogP contribution in [0.15, 0.2) is 57.6 Å². The van der Waals surface area contributed by atoms with Crippen LogP contribution in [0.2, 0.25) is 0 Å². The van der Waals surface area contributed by atoms with Gasteiger partial charge < -0.3 is 9.05 Å². The van der Waals surface area contributed by atoms with Gasteiger partial charge in [-0.1, -0.05) is 34.6 Å². The van der Waals surface area contributed by atoms with E-state index in [0.29, 0.717) is 11.4 Å². The molecule has 124 valence electrons. The Labute approximate surface area is 140 Å². The molecule has 0 radical (unpaired) electrons. The van der Waals surface area contributed by atoms with Crippen LogP contribution >= 0.6 is 0 Å². The molecule has 0 saturated heterocycles. The molecule has 2 heterocycles. The van der Waals surface area contributed by atoms with Crippen molar-refractivity contribution < 1.29 is 17.8 Å². The molecule has 2 aromatic heterocycles. The zero-order valence-electron chi connectivity index (χ0n) is 12.7. The summed E-state index contributed by atoms with van der Waals surface area (Å²) >= 11 is 0. The van der Waals surface area contributed by atoms with E-state index in [9.17, 15) is 8.78 Å². The van der Waals surface area contributed by atoms with E-state index in [1.165, 1.54) is 24.3 Å². The summed E-state index contributed by atoms with van der Waals surface area (Å²) < 4.78 is 37.1. The molecule has 8 heteroatoms. The van der Waals surface area contributed by atoms with Crippen molar-refractivity contribution in [3.05, 3.63) is 71.6 Å². The summed E-state index contributed by atoms with van der Waals surface area (Å²) in [5, 5.41) is 7.53. The molecular weight excluding hydrogens is 330 g/mol. The van der Waals surface area contributed by atoms with Crippen LogP contribution in [0, 0.1) is 11.6 Å². The lowest BCUT2D eigenvalue weighted by molar-refractivity contribution is 0.380. The zero-order valence-corrected chi connectivity index (χ0v) is 12.7. The number of halogens is 2. The molecule has 2 aromatic carbocycles. The van der Waals surface area contributed by atoms with Gasteiger partial charge >= 0.3 is 11.8 Å². The number of benzene rings is 2. The van der Waals surface area contributed by atoms with Crippen LogP contribution in [0.5, 0.6) is 0 Å². The molecule has 0 atom stereocenters. The van der Waals surface area contributed by atoms with Gasteiger partial charge in [0.1, 0.15) is 11.6 Å². The summed E-state index contributed by atoms with van der Waals surface area (Å²) in [5.41, 5.74) is 0.905. The van der Waals surface area contributed by atoms with Gasteiger partial charge in [0.15, 0.2) is 5.82 Å². The maximum absolute atomic E-state index is 13.8. The Balaban J connectivity index is 1.58. The molecule has 0 N–H and O–H groups in total. The first-order valence-electron chi connectivity index (χ1n) is 7.35. The van der Waals surface area contributed by atoms with Crippen LogP contribution in [-0.2, 0) is 6.42 Å². The van der Waals surface area contributed by atoms with Gasteiger partial charge in [-0.25, -0.2) is 8.78 Å². The molecule has 25 heavy (non-hydrogen) atoms. The summed E-state index contributed by atoms with van der Waals surface area (Å²) in [7, 11) is 0. The molecule has 0 amide bonds. The molecule has 0 spiro atoms. The SMILES string of the molecule is Fc1cccc(Cc2noc(-c3nc(-c4ccccc4F)no3)n2)c1. The third kappa shape index (κ3) is 3.14. The minimum Gasteiger partial charge on any atom is -0.329 e. The van der Waals surface area contributed by atoms with Crippen molar-refractivity contribution in [2.75, 3.05) is 0 Å². The standard InChI is InChI=1S/C17H10F2N4O2/c18-11-5-3-4-10(8-11)9-14-20-16(24-22-14)17-21-15(23-25-17)12-6-1-2-7-13(12)19/h1-8H,9H2. The van der Waals surface area contributed by atoms with E-state index in [1.54, 1.807) is 24.3 Å². The highest BCUT2D eigenvalue weighted by molar-refractivity contribution is 5.57. The molecule has 0 aliphatic heterocycles. The van der Waals surface area contributed by atoms with Crippen molar-refractivity contribution >= 4 is 0 Å². The van der Waals surface area contributed by atoms with Crippen molar-refractivity contribution in [1.29, 1.82) is 0 Å². The quantitative estimate of drug-likeness (QED) is 0.564. The smallest absolute Gasteiger partial charge is 0.316 e. The fourth-order valence-electron chi connectivity index (χ4n) is 2.30. The van der Waals surface area contributed by atoms with Crippen LogP contribution < -0.4 is 0 Å². The molecule has 0 unspecified atom stereocenters. The van der Waals surface area contributed by atoms with Gasteiger partial charge in [-0.15, -0.1) is 0 Å². The van der Waals surface area contributed by atoms with Crippen LogP contribution in [0.3, 0.4) is 0 Å². The van der Waals surface area contributed by atoms with Crippen molar-refractivity contribution in [2.45, 2.75) is 6.42 Å². The average Bonchev–Trinajstić information content (AvgIpc) is 3.24. The average molecular weight is 340 g/mol. The van der Waals surface area contributed by atoms with Gasteiger partial charge in [0, 0.05) is 6.42 Å². The summed E-state index contributed by atoms with van der Waals surface area (Å²) in [6.45, 7) is 0. The first kappa shape index (κ1) is 15.1. The van der Waals surface area contributed by atoms with Crippen LogP contribution in [0.4, 0.5) is 8.78 Å². The normalized spacial score (nSPS) is 11.0. The lowest BCUT2D eigenvalue weighted by Gasteiger charge is -1.95. The van der Waals surface area contributed by atoms with E-state index in [2.05, 4.69) is 20.3 Å². The Morgan fingerprint density at radius 3 is 2.48 bits per heavy atom. The Morgan fingerprint density at radius 1 is 0.840 bits per heavy atom. The zero-order chi connectivity index (χ0) is 17.2. The number of rotatable bonds is 4. The number of hydrogen-bond acceptors (Lipinski definition) is 6. The number of aromatic nitrogens is 4. The molecular formula is C17H10F2N4O2. The fraction of sp³-hybridized carbons (Fsp3) is 0.0588. The predicted octanol–water partition coefficient (Wildman–Crippen LogP) is 3.66. The first-order valence-corrected chi connectivity index (χ1v) is 7.35. The number of hydrogen-bond donors (Lipinski definition) is 0. The molecule has 0 fully saturated rings. The molecule has 0 saturated carbocycles. The lowest BCUT2D eigenvalue weighted by Crippen LogP contribution is -1.91. The Hall–Kier alpha value is -3.42. The van der Waals surface area contributed by atoms with E-state index < -0.39 is 5.82 Å². The van der Waals surface area contributed by atoms with Gasteiger partial charge in [0.05, 0.1) is 5.56 Å². The fourth-order valence-corrected chi connectivity index (χ4v) is 2.30. The molecule has 6 nitrogen and oxygen atoms in total. The summed E-state index contributed by atoms with van der Waals surface area (Å²) in [4.78, 5) is 8.22. The number of nitrogens with zero attached hydrogens (tertiary/aromatic N) is 4. The van der Waals surface area contributed by atoms with E-state index in [4.69, 9.17) is 9.05 Å². The Kier molecular flexibility index (Phi) is 3.77. The maximum atomic E-state index is 13.8. The van der Waals surface area contributed by atoms with E-state index in [0.717, 1.165) is 0 Å². The van der Waals surface area contributed by atoms with E-state index >= 15 is 0 Å².